The number of hydrogen-bond donors (Lipinski definition) is 2. The number of aryl methyl sites for hydroxylation is 1. The van der Waals surface area contributed by atoms with E-state index in [9.17, 15) is 13.2 Å². The van der Waals surface area contributed by atoms with Gasteiger partial charge in [0, 0.05) is 12.6 Å². The Hall–Kier alpha value is -1.56. The highest BCUT2D eigenvalue weighted by Gasteiger charge is 2.23. The van der Waals surface area contributed by atoms with Crippen molar-refractivity contribution in [3.8, 4) is 0 Å². The standard InChI is InChI=1S/C15H22N2O3S/c1-11(2)17-15(18)16-8-7-12-5-6-14-13(10-12)4-3-9-21(14,19)20/h5-6,10-11H,3-4,7-9H2,1-2H3,(H2,16,17,18). The third-order valence-electron chi connectivity index (χ3n) is 3.44. The number of hydrogen-bond acceptors (Lipinski definition) is 3. The normalized spacial score (nSPS) is 16.3. The minimum Gasteiger partial charge on any atom is -0.338 e. The number of benzene rings is 1. The molecule has 0 fully saturated rings. The van der Waals surface area contributed by atoms with E-state index in [0.29, 0.717) is 24.3 Å². The van der Waals surface area contributed by atoms with Crippen LogP contribution in [0, 0.1) is 0 Å². The minimum atomic E-state index is -3.09. The molecule has 0 aliphatic carbocycles. The van der Waals surface area contributed by atoms with Crippen LogP contribution in [-0.2, 0) is 22.7 Å². The van der Waals surface area contributed by atoms with Crippen molar-refractivity contribution in [3.05, 3.63) is 29.3 Å². The zero-order chi connectivity index (χ0) is 15.5. The van der Waals surface area contributed by atoms with E-state index < -0.39 is 9.84 Å². The Kier molecular flexibility index (Phi) is 4.88. The van der Waals surface area contributed by atoms with E-state index in [0.717, 1.165) is 17.5 Å². The lowest BCUT2D eigenvalue weighted by Gasteiger charge is -2.17. The van der Waals surface area contributed by atoms with Crippen LogP contribution in [0.4, 0.5) is 4.79 Å². The van der Waals surface area contributed by atoms with E-state index in [1.54, 1.807) is 6.07 Å². The molecule has 6 heteroatoms. The topological polar surface area (TPSA) is 75.3 Å². The highest BCUT2D eigenvalue weighted by Crippen LogP contribution is 2.25. The molecular weight excluding hydrogens is 288 g/mol. The molecule has 1 aliphatic rings. The van der Waals surface area contributed by atoms with Crippen LogP contribution < -0.4 is 10.6 Å². The fraction of sp³-hybridized carbons (Fsp3) is 0.533. The van der Waals surface area contributed by atoms with Crippen molar-refractivity contribution in [1.82, 2.24) is 10.6 Å². The van der Waals surface area contributed by atoms with Crippen molar-refractivity contribution in [1.29, 1.82) is 0 Å². The van der Waals surface area contributed by atoms with Crippen LogP contribution in [-0.4, -0.2) is 32.8 Å². The van der Waals surface area contributed by atoms with Gasteiger partial charge in [0.15, 0.2) is 9.84 Å². The van der Waals surface area contributed by atoms with Crippen LogP contribution in [0.2, 0.25) is 0 Å². The average molecular weight is 310 g/mol. The molecule has 0 radical (unpaired) electrons. The molecule has 116 valence electrons. The number of carbonyl (C=O) groups excluding carboxylic acids is 1. The lowest BCUT2D eigenvalue weighted by Crippen LogP contribution is -2.40. The maximum atomic E-state index is 11.9. The molecule has 0 saturated carbocycles. The summed E-state index contributed by atoms with van der Waals surface area (Å²) in [7, 11) is -3.09. The molecule has 1 heterocycles. The first kappa shape index (κ1) is 15.8. The van der Waals surface area contributed by atoms with Crippen molar-refractivity contribution in [2.75, 3.05) is 12.3 Å². The molecule has 1 aromatic carbocycles. The summed E-state index contributed by atoms with van der Waals surface area (Å²) in [6, 6.07) is 5.43. The van der Waals surface area contributed by atoms with E-state index >= 15 is 0 Å². The van der Waals surface area contributed by atoms with E-state index in [1.165, 1.54) is 0 Å². The molecule has 0 saturated heterocycles. The summed E-state index contributed by atoms with van der Waals surface area (Å²) in [5, 5.41) is 5.55. The predicted molar refractivity (Wildman–Crippen MR) is 82.2 cm³/mol. The monoisotopic (exact) mass is 310 g/mol. The third-order valence-corrected chi connectivity index (χ3v) is 5.33. The Bertz CT molecular complexity index is 624. The second-order valence-electron chi connectivity index (χ2n) is 5.67. The summed E-state index contributed by atoms with van der Waals surface area (Å²) in [6.45, 7) is 4.34. The van der Waals surface area contributed by atoms with Crippen molar-refractivity contribution >= 4 is 15.9 Å². The summed E-state index contributed by atoms with van der Waals surface area (Å²) in [5.41, 5.74) is 1.96. The second kappa shape index (κ2) is 6.47. The first-order chi connectivity index (χ1) is 9.88. The summed E-state index contributed by atoms with van der Waals surface area (Å²) >= 11 is 0. The number of rotatable bonds is 4. The first-order valence-electron chi connectivity index (χ1n) is 7.27. The molecule has 0 unspecified atom stereocenters. The van der Waals surface area contributed by atoms with E-state index in [4.69, 9.17) is 0 Å². The zero-order valence-corrected chi connectivity index (χ0v) is 13.3. The summed E-state index contributed by atoms with van der Waals surface area (Å²) in [5.74, 6) is 0.246. The molecular formula is C15H22N2O3S. The molecule has 0 spiro atoms. The average Bonchev–Trinajstić information content (AvgIpc) is 2.37. The molecule has 0 atom stereocenters. The van der Waals surface area contributed by atoms with Crippen LogP contribution in [0.25, 0.3) is 0 Å². The van der Waals surface area contributed by atoms with E-state index in [2.05, 4.69) is 10.6 Å². The van der Waals surface area contributed by atoms with Gasteiger partial charge >= 0.3 is 6.03 Å². The van der Waals surface area contributed by atoms with Crippen molar-refractivity contribution in [2.45, 2.75) is 44.0 Å². The molecule has 1 aromatic rings. The quantitative estimate of drug-likeness (QED) is 0.888. The first-order valence-corrected chi connectivity index (χ1v) is 8.92. The fourth-order valence-electron chi connectivity index (χ4n) is 2.48. The van der Waals surface area contributed by atoms with Gasteiger partial charge in [-0.1, -0.05) is 12.1 Å². The summed E-state index contributed by atoms with van der Waals surface area (Å²) in [4.78, 5) is 11.9. The van der Waals surface area contributed by atoms with Gasteiger partial charge < -0.3 is 10.6 Å². The smallest absolute Gasteiger partial charge is 0.314 e. The minimum absolute atomic E-state index is 0.110. The summed E-state index contributed by atoms with van der Waals surface area (Å²) < 4.78 is 23.9. The van der Waals surface area contributed by atoms with E-state index in [1.807, 2.05) is 26.0 Å². The largest absolute Gasteiger partial charge is 0.338 e. The van der Waals surface area contributed by atoms with Gasteiger partial charge in [-0.3, -0.25) is 0 Å². The lowest BCUT2D eigenvalue weighted by molar-refractivity contribution is 0.238. The number of fused-ring (bicyclic) bond motifs is 1. The van der Waals surface area contributed by atoms with Gasteiger partial charge in [-0.2, -0.15) is 0 Å². The Labute approximate surface area is 126 Å². The fourth-order valence-corrected chi connectivity index (χ4v) is 4.06. The maximum absolute atomic E-state index is 11.9. The number of carbonyl (C=O) groups is 1. The molecule has 5 nitrogen and oxygen atoms in total. The zero-order valence-electron chi connectivity index (χ0n) is 12.5. The number of urea groups is 1. The molecule has 0 bridgehead atoms. The van der Waals surface area contributed by atoms with Crippen LogP contribution in [0.1, 0.15) is 31.4 Å². The van der Waals surface area contributed by atoms with Gasteiger partial charge in [0.2, 0.25) is 0 Å². The van der Waals surface area contributed by atoms with Gasteiger partial charge in [-0.15, -0.1) is 0 Å². The van der Waals surface area contributed by atoms with Gasteiger partial charge in [0.1, 0.15) is 0 Å². The van der Waals surface area contributed by atoms with Crippen molar-refractivity contribution < 1.29 is 13.2 Å². The Balaban J connectivity index is 1.96. The third kappa shape index (κ3) is 4.20. The second-order valence-corrected chi connectivity index (χ2v) is 7.75. The molecule has 2 rings (SSSR count). The molecule has 2 amide bonds. The van der Waals surface area contributed by atoms with E-state index in [-0.39, 0.29) is 17.8 Å². The molecule has 1 aliphatic heterocycles. The highest BCUT2D eigenvalue weighted by atomic mass is 32.2. The summed E-state index contributed by atoms with van der Waals surface area (Å²) in [6.07, 6.45) is 2.19. The molecule has 2 N–H and O–H groups in total. The molecule has 21 heavy (non-hydrogen) atoms. The van der Waals surface area contributed by atoms with Gasteiger partial charge in [0.25, 0.3) is 0 Å². The lowest BCUT2D eigenvalue weighted by atomic mass is 10.0. The van der Waals surface area contributed by atoms with Gasteiger partial charge in [0.05, 0.1) is 10.6 Å². The van der Waals surface area contributed by atoms with Crippen LogP contribution in [0.5, 0.6) is 0 Å². The van der Waals surface area contributed by atoms with Crippen LogP contribution in [0.3, 0.4) is 0 Å². The van der Waals surface area contributed by atoms with Crippen molar-refractivity contribution in [2.24, 2.45) is 0 Å². The Morgan fingerprint density at radius 2 is 2.10 bits per heavy atom. The molecule has 0 aromatic heterocycles. The predicted octanol–water partition coefficient (Wildman–Crippen LogP) is 1.66. The number of sulfone groups is 1. The van der Waals surface area contributed by atoms with Gasteiger partial charge in [-0.25, -0.2) is 13.2 Å². The number of amides is 2. The van der Waals surface area contributed by atoms with Gasteiger partial charge in [-0.05, 0) is 50.3 Å². The van der Waals surface area contributed by atoms with Crippen LogP contribution >= 0.6 is 0 Å². The van der Waals surface area contributed by atoms with Crippen LogP contribution in [0.15, 0.2) is 23.1 Å². The Morgan fingerprint density at radius 3 is 2.81 bits per heavy atom. The van der Waals surface area contributed by atoms with Crippen molar-refractivity contribution in [3.63, 3.8) is 0 Å². The number of nitrogens with one attached hydrogen (secondary N) is 2. The highest BCUT2D eigenvalue weighted by molar-refractivity contribution is 7.91. The maximum Gasteiger partial charge on any atom is 0.314 e. The Morgan fingerprint density at radius 1 is 1.33 bits per heavy atom. The SMILES string of the molecule is CC(C)NC(=O)NCCc1ccc2c(c1)CCCS2(=O)=O.